The summed E-state index contributed by atoms with van der Waals surface area (Å²) >= 11 is 0. The van der Waals surface area contributed by atoms with Gasteiger partial charge >= 0.3 is 0 Å². The number of amides is 1. The summed E-state index contributed by atoms with van der Waals surface area (Å²) < 4.78 is 17.9. The largest absolute Gasteiger partial charge is 0.484 e. The van der Waals surface area contributed by atoms with Gasteiger partial charge in [0, 0.05) is 0 Å². The third-order valence-corrected chi connectivity index (χ3v) is 2.63. The van der Waals surface area contributed by atoms with E-state index in [2.05, 4.69) is 10.5 Å². The van der Waals surface area contributed by atoms with Crippen LogP contribution in [-0.2, 0) is 4.79 Å². The van der Waals surface area contributed by atoms with Gasteiger partial charge in [-0.05, 0) is 42.0 Å². The van der Waals surface area contributed by atoms with Crippen molar-refractivity contribution in [1.29, 1.82) is 5.26 Å². The number of ether oxygens (including phenoxy) is 1. The highest BCUT2D eigenvalue weighted by Gasteiger charge is 2.01. The second-order valence-corrected chi connectivity index (χ2v) is 4.27. The third kappa shape index (κ3) is 4.72. The number of nitriles is 1. The molecule has 0 saturated heterocycles. The average molecular weight is 297 g/mol. The van der Waals surface area contributed by atoms with Crippen LogP contribution in [-0.4, -0.2) is 18.7 Å². The summed E-state index contributed by atoms with van der Waals surface area (Å²) in [4.78, 5) is 11.5. The number of hydrogen-bond acceptors (Lipinski definition) is 4. The molecule has 2 aromatic rings. The van der Waals surface area contributed by atoms with Crippen molar-refractivity contribution in [3.8, 4) is 11.8 Å². The molecule has 0 radical (unpaired) electrons. The van der Waals surface area contributed by atoms with E-state index in [0.29, 0.717) is 16.9 Å². The molecule has 0 spiro atoms. The second kappa shape index (κ2) is 7.55. The van der Waals surface area contributed by atoms with Gasteiger partial charge in [-0.15, -0.1) is 0 Å². The first kappa shape index (κ1) is 15.2. The summed E-state index contributed by atoms with van der Waals surface area (Å²) in [5, 5.41) is 12.4. The van der Waals surface area contributed by atoms with Crippen molar-refractivity contribution in [3.63, 3.8) is 0 Å². The zero-order valence-electron chi connectivity index (χ0n) is 11.5. The molecule has 1 amide bonds. The zero-order valence-corrected chi connectivity index (χ0v) is 11.5. The molecule has 2 rings (SSSR count). The van der Waals surface area contributed by atoms with Gasteiger partial charge < -0.3 is 4.74 Å². The van der Waals surface area contributed by atoms with Gasteiger partial charge in [0.25, 0.3) is 5.91 Å². The molecule has 0 bridgehead atoms. The molecule has 0 unspecified atom stereocenters. The van der Waals surface area contributed by atoms with Gasteiger partial charge in [0.05, 0.1) is 17.8 Å². The van der Waals surface area contributed by atoms with Gasteiger partial charge in [-0.3, -0.25) is 4.79 Å². The van der Waals surface area contributed by atoms with E-state index in [9.17, 15) is 9.18 Å². The fraction of sp³-hybridized carbons (Fsp3) is 0.0625. The molecular formula is C16H12FN3O2. The first-order valence-electron chi connectivity index (χ1n) is 6.38. The minimum absolute atomic E-state index is 0.202. The lowest BCUT2D eigenvalue weighted by Gasteiger charge is -2.04. The zero-order chi connectivity index (χ0) is 15.8. The molecule has 0 aromatic heterocycles. The predicted molar refractivity (Wildman–Crippen MR) is 78.8 cm³/mol. The topological polar surface area (TPSA) is 74.5 Å². The first-order chi connectivity index (χ1) is 10.7. The number of hydrogen-bond donors (Lipinski definition) is 1. The Hall–Kier alpha value is -3.20. The van der Waals surface area contributed by atoms with Gasteiger partial charge in [-0.2, -0.15) is 10.4 Å². The first-order valence-corrected chi connectivity index (χ1v) is 6.38. The van der Waals surface area contributed by atoms with Crippen LogP contribution in [0.5, 0.6) is 5.75 Å². The fourth-order valence-corrected chi connectivity index (χ4v) is 1.53. The minimum Gasteiger partial charge on any atom is -0.484 e. The number of nitrogens with zero attached hydrogens (tertiary/aromatic N) is 2. The van der Waals surface area contributed by atoms with E-state index in [-0.39, 0.29) is 12.4 Å². The van der Waals surface area contributed by atoms with Crippen molar-refractivity contribution >= 4 is 12.1 Å². The van der Waals surface area contributed by atoms with Crippen molar-refractivity contribution in [2.45, 2.75) is 0 Å². The number of benzene rings is 2. The number of rotatable bonds is 5. The van der Waals surface area contributed by atoms with Crippen molar-refractivity contribution in [2.24, 2.45) is 5.10 Å². The molecule has 0 aliphatic heterocycles. The molecule has 6 heteroatoms. The van der Waals surface area contributed by atoms with Gasteiger partial charge in [0.2, 0.25) is 0 Å². The Kier molecular flexibility index (Phi) is 5.21. The molecule has 1 N–H and O–H groups in total. The summed E-state index contributed by atoms with van der Waals surface area (Å²) in [6.07, 6.45) is 1.40. The van der Waals surface area contributed by atoms with Crippen LogP contribution in [0.2, 0.25) is 0 Å². The molecule has 0 heterocycles. The van der Waals surface area contributed by atoms with Gasteiger partial charge in [0.1, 0.15) is 11.6 Å². The number of carbonyl (C=O) groups is 1. The summed E-state index contributed by atoms with van der Waals surface area (Å²) in [6, 6.07) is 14.1. The number of carbonyl (C=O) groups excluding carboxylic acids is 1. The summed E-state index contributed by atoms with van der Waals surface area (Å²) in [5.74, 6) is -0.281. The molecule has 22 heavy (non-hydrogen) atoms. The van der Waals surface area contributed by atoms with Crippen LogP contribution in [0.15, 0.2) is 53.6 Å². The van der Waals surface area contributed by atoms with Crippen LogP contribution in [0.25, 0.3) is 0 Å². The lowest BCUT2D eigenvalue weighted by atomic mass is 10.2. The number of hydrazone groups is 1. The van der Waals surface area contributed by atoms with E-state index in [4.69, 9.17) is 10.00 Å². The molecule has 0 fully saturated rings. The molecule has 0 atom stereocenters. The summed E-state index contributed by atoms with van der Waals surface area (Å²) in [6.45, 7) is -0.202. The predicted octanol–water partition coefficient (Wildman–Crippen LogP) is 2.23. The Morgan fingerprint density at radius 3 is 2.55 bits per heavy atom. The maximum absolute atomic E-state index is 12.7. The van der Waals surface area contributed by atoms with Gasteiger partial charge in [0.15, 0.2) is 6.61 Å². The van der Waals surface area contributed by atoms with Gasteiger partial charge in [-0.1, -0.05) is 12.1 Å². The third-order valence-electron chi connectivity index (χ3n) is 2.63. The van der Waals surface area contributed by atoms with E-state index < -0.39 is 5.91 Å². The standard InChI is InChI=1S/C16H12FN3O2/c17-14-5-1-13(2-6-14)10-19-20-16(21)11-22-15-7-3-12(9-18)4-8-15/h1-8,10H,11H2,(H,20,21)/b19-10-. The number of halogens is 1. The second-order valence-electron chi connectivity index (χ2n) is 4.27. The number of nitrogens with one attached hydrogen (secondary N) is 1. The average Bonchev–Trinajstić information content (AvgIpc) is 2.55. The lowest BCUT2D eigenvalue weighted by Crippen LogP contribution is -2.24. The summed E-state index contributed by atoms with van der Waals surface area (Å²) in [5.41, 5.74) is 3.47. The van der Waals surface area contributed by atoms with Crippen LogP contribution in [0.3, 0.4) is 0 Å². The monoisotopic (exact) mass is 297 g/mol. The van der Waals surface area contributed by atoms with Crippen molar-refractivity contribution < 1.29 is 13.9 Å². The van der Waals surface area contributed by atoms with E-state index in [1.807, 2.05) is 6.07 Å². The van der Waals surface area contributed by atoms with Crippen LogP contribution < -0.4 is 10.2 Å². The van der Waals surface area contributed by atoms with Crippen LogP contribution in [0, 0.1) is 17.1 Å². The van der Waals surface area contributed by atoms with E-state index >= 15 is 0 Å². The minimum atomic E-state index is -0.428. The Morgan fingerprint density at radius 1 is 1.23 bits per heavy atom. The van der Waals surface area contributed by atoms with E-state index in [1.54, 1.807) is 24.3 Å². The Bertz CT molecular complexity index is 704. The smallest absolute Gasteiger partial charge is 0.277 e. The van der Waals surface area contributed by atoms with Crippen LogP contribution in [0.4, 0.5) is 4.39 Å². The molecule has 0 aliphatic rings. The molecule has 0 saturated carbocycles. The van der Waals surface area contributed by atoms with E-state index in [0.717, 1.165) is 0 Å². The Morgan fingerprint density at radius 2 is 1.91 bits per heavy atom. The Labute approximate surface area is 126 Å². The van der Waals surface area contributed by atoms with E-state index in [1.165, 1.54) is 30.5 Å². The normalized spacial score (nSPS) is 10.2. The highest BCUT2D eigenvalue weighted by molar-refractivity contribution is 5.82. The van der Waals surface area contributed by atoms with Crippen molar-refractivity contribution in [1.82, 2.24) is 5.43 Å². The molecule has 5 nitrogen and oxygen atoms in total. The fourth-order valence-electron chi connectivity index (χ4n) is 1.53. The van der Waals surface area contributed by atoms with Gasteiger partial charge in [-0.25, -0.2) is 9.82 Å². The van der Waals surface area contributed by atoms with Crippen molar-refractivity contribution in [3.05, 3.63) is 65.5 Å². The van der Waals surface area contributed by atoms with Crippen molar-refractivity contribution in [2.75, 3.05) is 6.61 Å². The molecule has 2 aromatic carbocycles. The van der Waals surface area contributed by atoms with Crippen LogP contribution in [0.1, 0.15) is 11.1 Å². The quantitative estimate of drug-likeness (QED) is 0.679. The maximum atomic E-state index is 12.7. The highest BCUT2D eigenvalue weighted by Crippen LogP contribution is 2.11. The SMILES string of the molecule is N#Cc1ccc(OCC(=O)N/N=C\c2ccc(F)cc2)cc1. The Balaban J connectivity index is 1.78. The maximum Gasteiger partial charge on any atom is 0.277 e. The lowest BCUT2D eigenvalue weighted by molar-refractivity contribution is -0.123. The summed E-state index contributed by atoms with van der Waals surface area (Å²) in [7, 11) is 0. The molecule has 0 aliphatic carbocycles. The molecule has 110 valence electrons. The van der Waals surface area contributed by atoms with Crippen LogP contribution >= 0.6 is 0 Å². The highest BCUT2D eigenvalue weighted by atomic mass is 19.1. The molecular weight excluding hydrogens is 285 g/mol.